The lowest BCUT2D eigenvalue weighted by Gasteiger charge is -2.07. The second-order valence-electron chi connectivity index (χ2n) is 7.26. The van der Waals surface area contributed by atoms with E-state index in [-0.39, 0.29) is 5.89 Å². The van der Waals surface area contributed by atoms with Crippen molar-refractivity contribution in [2.45, 2.75) is 26.5 Å². The lowest BCUT2D eigenvalue weighted by molar-refractivity contribution is -0.143. The molecule has 168 valence electrons. The van der Waals surface area contributed by atoms with E-state index in [1.807, 2.05) is 61.5 Å². The molecule has 0 saturated carbocycles. The molecule has 0 saturated heterocycles. The molecular weight excluding hydrogens is 463 g/mol. The SMILES string of the molecule is Cc1nn(Cc2ccccc2Cl)c(Cl)c1/C=C/C(=O)OC(C)c1nnc(-c2ccccc2)o1. The summed E-state index contributed by atoms with van der Waals surface area (Å²) in [6, 6.07) is 16.8. The van der Waals surface area contributed by atoms with Crippen LogP contribution in [0.1, 0.15) is 35.7 Å². The summed E-state index contributed by atoms with van der Waals surface area (Å²) in [5.41, 5.74) is 2.97. The molecular formula is C24H20Cl2N4O3. The highest BCUT2D eigenvalue weighted by Crippen LogP contribution is 2.25. The van der Waals surface area contributed by atoms with Crippen LogP contribution in [0.3, 0.4) is 0 Å². The minimum atomic E-state index is -0.716. The zero-order valence-electron chi connectivity index (χ0n) is 17.9. The normalized spacial score (nSPS) is 12.2. The molecule has 0 spiro atoms. The van der Waals surface area contributed by atoms with Crippen LogP contribution in [0.4, 0.5) is 0 Å². The van der Waals surface area contributed by atoms with Crippen molar-refractivity contribution in [2.24, 2.45) is 0 Å². The first kappa shape index (κ1) is 22.8. The van der Waals surface area contributed by atoms with Gasteiger partial charge in [-0.25, -0.2) is 9.48 Å². The second kappa shape index (κ2) is 10.0. The van der Waals surface area contributed by atoms with Crippen molar-refractivity contribution >= 4 is 35.2 Å². The van der Waals surface area contributed by atoms with Crippen molar-refractivity contribution in [3.05, 3.63) is 93.6 Å². The summed E-state index contributed by atoms with van der Waals surface area (Å²) < 4.78 is 12.7. The van der Waals surface area contributed by atoms with Gasteiger partial charge in [-0.2, -0.15) is 5.10 Å². The summed E-state index contributed by atoms with van der Waals surface area (Å²) in [5.74, 6) is -0.00830. The average molecular weight is 483 g/mol. The van der Waals surface area contributed by atoms with Gasteiger partial charge in [0.15, 0.2) is 6.10 Å². The van der Waals surface area contributed by atoms with Crippen molar-refractivity contribution in [1.29, 1.82) is 0 Å². The molecule has 0 aliphatic heterocycles. The van der Waals surface area contributed by atoms with E-state index in [2.05, 4.69) is 15.3 Å². The summed E-state index contributed by atoms with van der Waals surface area (Å²) in [6.07, 6.45) is 2.15. The monoisotopic (exact) mass is 482 g/mol. The molecule has 0 radical (unpaired) electrons. The van der Waals surface area contributed by atoms with Gasteiger partial charge in [0, 0.05) is 22.2 Å². The molecule has 0 aliphatic rings. The molecule has 4 aromatic rings. The van der Waals surface area contributed by atoms with Crippen LogP contribution in [0.2, 0.25) is 10.2 Å². The van der Waals surface area contributed by atoms with Gasteiger partial charge in [0.25, 0.3) is 5.89 Å². The number of aromatic nitrogens is 4. The Kier molecular flexibility index (Phi) is 6.91. The summed E-state index contributed by atoms with van der Waals surface area (Å²) in [4.78, 5) is 12.4. The van der Waals surface area contributed by atoms with Gasteiger partial charge in [-0.3, -0.25) is 0 Å². The van der Waals surface area contributed by atoms with E-state index >= 15 is 0 Å². The van der Waals surface area contributed by atoms with Crippen LogP contribution in [0.25, 0.3) is 17.5 Å². The van der Waals surface area contributed by atoms with Gasteiger partial charge in [-0.1, -0.05) is 59.6 Å². The molecule has 7 nitrogen and oxygen atoms in total. The van der Waals surface area contributed by atoms with E-state index in [9.17, 15) is 4.79 Å². The third kappa shape index (κ3) is 5.32. The molecule has 4 rings (SSSR count). The van der Waals surface area contributed by atoms with Crippen molar-refractivity contribution in [1.82, 2.24) is 20.0 Å². The fourth-order valence-electron chi connectivity index (χ4n) is 3.16. The predicted molar refractivity (Wildman–Crippen MR) is 126 cm³/mol. The van der Waals surface area contributed by atoms with Gasteiger partial charge >= 0.3 is 5.97 Å². The van der Waals surface area contributed by atoms with Crippen LogP contribution >= 0.6 is 23.2 Å². The number of hydrogen-bond donors (Lipinski definition) is 0. The molecule has 0 amide bonds. The van der Waals surface area contributed by atoms with Crippen molar-refractivity contribution in [3.8, 4) is 11.5 Å². The Labute approximate surface area is 200 Å². The van der Waals surface area contributed by atoms with Crippen LogP contribution in [-0.4, -0.2) is 25.9 Å². The maximum atomic E-state index is 12.4. The number of carbonyl (C=O) groups excluding carboxylic acids is 1. The highest BCUT2D eigenvalue weighted by molar-refractivity contribution is 6.32. The lowest BCUT2D eigenvalue weighted by atomic mass is 10.2. The number of rotatable bonds is 7. The van der Waals surface area contributed by atoms with Gasteiger partial charge in [0.2, 0.25) is 5.89 Å². The smallest absolute Gasteiger partial charge is 0.331 e. The Morgan fingerprint density at radius 3 is 2.61 bits per heavy atom. The minimum Gasteiger partial charge on any atom is -0.449 e. The Morgan fingerprint density at radius 1 is 1.12 bits per heavy atom. The molecule has 2 heterocycles. The highest BCUT2D eigenvalue weighted by atomic mass is 35.5. The van der Waals surface area contributed by atoms with E-state index < -0.39 is 12.1 Å². The fraction of sp³-hybridized carbons (Fsp3) is 0.167. The topological polar surface area (TPSA) is 83.0 Å². The van der Waals surface area contributed by atoms with Gasteiger partial charge in [-0.05, 0) is 43.7 Å². The first-order valence-electron chi connectivity index (χ1n) is 10.2. The Hall–Kier alpha value is -3.42. The number of halogens is 2. The molecule has 2 aromatic carbocycles. The highest BCUT2D eigenvalue weighted by Gasteiger charge is 2.19. The molecule has 1 atom stereocenters. The third-order valence-electron chi connectivity index (χ3n) is 4.88. The summed E-state index contributed by atoms with van der Waals surface area (Å²) >= 11 is 12.7. The number of hydrogen-bond acceptors (Lipinski definition) is 6. The largest absolute Gasteiger partial charge is 0.449 e. The van der Waals surface area contributed by atoms with E-state index in [1.54, 1.807) is 17.7 Å². The van der Waals surface area contributed by atoms with Crippen LogP contribution < -0.4 is 0 Å². The second-order valence-corrected chi connectivity index (χ2v) is 8.03. The Morgan fingerprint density at radius 2 is 1.85 bits per heavy atom. The Bertz CT molecular complexity index is 1300. The minimum absolute atomic E-state index is 0.206. The average Bonchev–Trinajstić information content (AvgIpc) is 3.40. The maximum Gasteiger partial charge on any atom is 0.331 e. The first-order chi connectivity index (χ1) is 15.9. The third-order valence-corrected chi connectivity index (χ3v) is 5.64. The van der Waals surface area contributed by atoms with Gasteiger partial charge in [0.1, 0.15) is 5.15 Å². The van der Waals surface area contributed by atoms with E-state index in [1.165, 1.54) is 6.08 Å². The van der Waals surface area contributed by atoms with Crippen molar-refractivity contribution < 1.29 is 13.9 Å². The quantitative estimate of drug-likeness (QED) is 0.240. The molecule has 2 aromatic heterocycles. The van der Waals surface area contributed by atoms with Gasteiger partial charge in [-0.15, -0.1) is 10.2 Å². The number of nitrogens with zero attached hydrogens (tertiary/aromatic N) is 4. The van der Waals surface area contributed by atoms with Crippen LogP contribution in [0, 0.1) is 6.92 Å². The summed E-state index contributed by atoms with van der Waals surface area (Å²) in [7, 11) is 0. The van der Waals surface area contributed by atoms with E-state index in [0.29, 0.717) is 33.9 Å². The number of aryl methyl sites for hydroxylation is 1. The molecule has 1 unspecified atom stereocenters. The molecule has 33 heavy (non-hydrogen) atoms. The number of carbonyl (C=O) groups is 1. The summed E-state index contributed by atoms with van der Waals surface area (Å²) in [5, 5.41) is 13.5. The first-order valence-corrected chi connectivity index (χ1v) is 10.9. The molecule has 9 heteroatoms. The number of ether oxygens (including phenoxy) is 1. The zero-order valence-corrected chi connectivity index (χ0v) is 19.4. The predicted octanol–water partition coefficient (Wildman–Crippen LogP) is 5.91. The number of esters is 1. The van der Waals surface area contributed by atoms with Crippen molar-refractivity contribution in [2.75, 3.05) is 0 Å². The molecule has 0 aliphatic carbocycles. The standard InChI is InChI=1S/C24H20Cl2N4O3/c1-15-19(22(26)30(29-15)14-18-10-6-7-11-20(18)25)12-13-21(31)32-16(2)23-27-28-24(33-23)17-8-4-3-5-9-17/h3-13,16H,14H2,1-2H3/b13-12+. The van der Waals surface area contributed by atoms with Gasteiger partial charge in [0.05, 0.1) is 12.2 Å². The zero-order chi connectivity index (χ0) is 23.4. The molecule has 0 N–H and O–H groups in total. The van der Waals surface area contributed by atoms with Crippen LogP contribution in [0.5, 0.6) is 0 Å². The van der Waals surface area contributed by atoms with Crippen LogP contribution in [-0.2, 0) is 16.1 Å². The van der Waals surface area contributed by atoms with Crippen LogP contribution in [0.15, 0.2) is 65.1 Å². The lowest BCUT2D eigenvalue weighted by Crippen LogP contribution is -2.06. The van der Waals surface area contributed by atoms with Gasteiger partial charge < -0.3 is 9.15 Å². The molecule has 0 bridgehead atoms. The van der Waals surface area contributed by atoms with E-state index in [4.69, 9.17) is 32.4 Å². The van der Waals surface area contributed by atoms with E-state index in [0.717, 1.165) is 11.1 Å². The fourth-order valence-corrected chi connectivity index (χ4v) is 3.65. The Balaban J connectivity index is 1.42. The molecule has 0 fully saturated rings. The summed E-state index contributed by atoms with van der Waals surface area (Å²) in [6.45, 7) is 3.88. The van der Waals surface area contributed by atoms with Crippen molar-refractivity contribution in [3.63, 3.8) is 0 Å². The maximum absolute atomic E-state index is 12.4. The number of benzene rings is 2.